The van der Waals surface area contributed by atoms with Crippen molar-refractivity contribution >= 4 is 26.5 Å². The molecule has 3 N–H and O–H groups in total. The van der Waals surface area contributed by atoms with Crippen LogP contribution in [0, 0.1) is 0 Å². The Morgan fingerprint density at radius 3 is 2.81 bits per heavy atom. The molecule has 0 bridgehead atoms. The molecule has 92 valence electrons. The van der Waals surface area contributed by atoms with Gasteiger partial charge in [-0.05, 0) is 13.3 Å². The highest BCUT2D eigenvalue weighted by molar-refractivity contribution is 7.91. The van der Waals surface area contributed by atoms with Crippen LogP contribution in [0.3, 0.4) is 0 Å². The van der Waals surface area contributed by atoms with Gasteiger partial charge in [0, 0.05) is 19.8 Å². The van der Waals surface area contributed by atoms with Crippen LogP contribution in [0.25, 0.3) is 0 Å². The van der Waals surface area contributed by atoms with E-state index in [1.165, 1.54) is 0 Å². The molecule has 7 nitrogen and oxygen atoms in total. The first-order chi connectivity index (χ1) is 7.56. The van der Waals surface area contributed by atoms with Crippen molar-refractivity contribution in [1.82, 2.24) is 14.9 Å². The molecule has 1 aromatic rings. The predicted octanol–water partition coefficient (Wildman–Crippen LogP) is -0.175. The molecular weight excluding hydrogens is 252 g/mol. The Bertz CT molecular complexity index is 417. The normalized spacial score (nSPS) is 11.8. The van der Waals surface area contributed by atoms with Crippen LogP contribution >= 0.6 is 11.3 Å². The minimum absolute atomic E-state index is 0.110. The lowest BCUT2D eigenvalue weighted by Crippen LogP contribution is -2.25. The summed E-state index contributed by atoms with van der Waals surface area (Å²) in [7, 11) is -3.57. The quantitative estimate of drug-likeness (QED) is 0.663. The summed E-state index contributed by atoms with van der Waals surface area (Å²) in [5.41, 5.74) is 5.30. The van der Waals surface area contributed by atoms with Crippen LogP contribution in [0.5, 0.6) is 0 Å². The molecule has 16 heavy (non-hydrogen) atoms. The van der Waals surface area contributed by atoms with E-state index in [1.807, 2.05) is 6.92 Å². The van der Waals surface area contributed by atoms with Crippen molar-refractivity contribution in [3.8, 4) is 0 Å². The molecule has 0 aliphatic rings. The summed E-state index contributed by atoms with van der Waals surface area (Å²) >= 11 is 0.837. The molecule has 1 aromatic heterocycles. The van der Waals surface area contributed by atoms with Crippen molar-refractivity contribution in [2.45, 2.75) is 17.7 Å². The maximum atomic E-state index is 11.6. The van der Waals surface area contributed by atoms with Gasteiger partial charge in [0.25, 0.3) is 10.0 Å². The number of ether oxygens (including phenoxy) is 1. The van der Waals surface area contributed by atoms with Gasteiger partial charge in [-0.3, -0.25) is 0 Å². The molecule has 0 aliphatic carbocycles. The van der Waals surface area contributed by atoms with Crippen molar-refractivity contribution in [2.24, 2.45) is 0 Å². The summed E-state index contributed by atoms with van der Waals surface area (Å²) in [6.45, 7) is 3.34. The van der Waals surface area contributed by atoms with Crippen molar-refractivity contribution in [3.63, 3.8) is 0 Å². The smallest absolute Gasteiger partial charge is 0.269 e. The van der Waals surface area contributed by atoms with E-state index in [4.69, 9.17) is 10.5 Å². The fourth-order valence-corrected chi connectivity index (χ4v) is 2.81. The molecule has 0 saturated heterocycles. The Morgan fingerprint density at radius 1 is 1.50 bits per heavy atom. The average molecular weight is 266 g/mol. The zero-order valence-electron chi connectivity index (χ0n) is 8.84. The van der Waals surface area contributed by atoms with E-state index in [2.05, 4.69) is 14.9 Å². The van der Waals surface area contributed by atoms with E-state index in [-0.39, 0.29) is 9.47 Å². The molecular formula is C7H14N4O3S2. The number of anilines is 1. The van der Waals surface area contributed by atoms with Crippen molar-refractivity contribution in [3.05, 3.63) is 0 Å². The minimum atomic E-state index is -3.57. The number of nitrogens with one attached hydrogen (secondary N) is 1. The molecule has 1 rings (SSSR count). The van der Waals surface area contributed by atoms with Crippen LogP contribution in [0.4, 0.5) is 5.13 Å². The lowest BCUT2D eigenvalue weighted by molar-refractivity contribution is 0.146. The summed E-state index contributed by atoms with van der Waals surface area (Å²) in [6, 6.07) is 0. The second-order valence-electron chi connectivity index (χ2n) is 2.85. The number of aromatic nitrogens is 2. The van der Waals surface area contributed by atoms with Gasteiger partial charge in [-0.15, -0.1) is 10.2 Å². The largest absolute Gasteiger partial charge is 0.382 e. The maximum Gasteiger partial charge on any atom is 0.269 e. The molecule has 0 unspecified atom stereocenters. The standard InChI is InChI=1S/C7H14N4O3S2/c1-2-14-5-3-4-9-16(12,13)7-11-10-6(8)15-7/h9H,2-5H2,1H3,(H2,8,10). The van der Waals surface area contributed by atoms with E-state index in [0.29, 0.717) is 26.2 Å². The second kappa shape index (κ2) is 6.09. The summed E-state index contributed by atoms with van der Waals surface area (Å²) in [6.07, 6.45) is 0.612. The van der Waals surface area contributed by atoms with Gasteiger partial charge in [-0.25, -0.2) is 13.1 Å². The number of nitrogens with two attached hydrogens (primary N) is 1. The number of nitrogen functional groups attached to an aromatic ring is 1. The fraction of sp³-hybridized carbons (Fsp3) is 0.714. The first kappa shape index (κ1) is 13.3. The third-order valence-corrected chi connectivity index (χ3v) is 4.19. The van der Waals surface area contributed by atoms with Gasteiger partial charge in [0.1, 0.15) is 0 Å². The van der Waals surface area contributed by atoms with E-state index in [9.17, 15) is 8.42 Å². The minimum Gasteiger partial charge on any atom is -0.382 e. The van der Waals surface area contributed by atoms with E-state index < -0.39 is 10.0 Å². The lowest BCUT2D eigenvalue weighted by Gasteiger charge is -2.03. The number of hydrogen-bond donors (Lipinski definition) is 2. The molecule has 0 spiro atoms. The third-order valence-electron chi connectivity index (χ3n) is 1.61. The van der Waals surface area contributed by atoms with Crippen LogP contribution in [0.15, 0.2) is 4.34 Å². The molecule has 0 fully saturated rings. The Labute approximate surface area is 98.1 Å². The summed E-state index contributed by atoms with van der Waals surface area (Å²) in [5, 5.41) is 7.04. The highest BCUT2D eigenvalue weighted by Gasteiger charge is 2.18. The zero-order chi connectivity index (χ0) is 12.0. The SMILES string of the molecule is CCOCCCNS(=O)(=O)c1nnc(N)s1. The molecule has 0 radical (unpaired) electrons. The maximum absolute atomic E-state index is 11.6. The highest BCUT2D eigenvalue weighted by atomic mass is 32.2. The van der Waals surface area contributed by atoms with Crippen LogP contribution in [-0.4, -0.2) is 38.4 Å². The summed E-state index contributed by atoms with van der Waals surface area (Å²) in [4.78, 5) is 0. The fourth-order valence-electron chi connectivity index (χ4n) is 0.916. The Kier molecular flexibility index (Phi) is 5.06. The van der Waals surface area contributed by atoms with Crippen LogP contribution in [0.1, 0.15) is 13.3 Å². The van der Waals surface area contributed by atoms with Gasteiger partial charge in [-0.2, -0.15) is 0 Å². The number of rotatable bonds is 7. The Hall–Kier alpha value is -0.770. The van der Waals surface area contributed by atoms with Gasteiger partial charge >= 0.3 is 0 Å². The first-order valence-corrected chi connectivity index (χ1v) is 7.02. The van der Waals surface area contributed by atoms with Gasteiger partial charge < -0.3 is 10.5 Å². The monoisotopic (exact) mass is 266 g/mol. The predicted molar refractivity (Wildman–Crippen MR) is 60.6 cm³/mol. The highest BCUT2D eigenvalue weighted by Crippen LogP contribution is 2.16. The van der Waals surface area contributed by atoms with E-state index in [1.54, 1.807) is 0 Å². The summed E-state index contributed by atoms with van der Waals surface area (Å²) < 4.78 is 30.5. The molecule has 0 saturated carbocycles. The van der Waals surface area contributed by atoms with Crippen LogP contribution in [-0.2, 0) is 14.8 Å². The van der Waals surface area contributed by atoms with Gasteiger partial charge in [0.15, 0.2) is 0 Å². The van der Waals surface area contributed by atoms with Crippen molar-refractivity contribution in [2.75, 3.05) is 25.5 Å². The first-order valence-electron chi connectivity index (χ1n) is 4.72. The van der Waals surface area contributed by atoms with E-state index >= 15 is 0 Å². The molecule has 0 atom stereocenters. The topological polar surface area (TPSA) is 107 Å². The van der Waals surface area contributed by atoms with Crippen molar-refractivity contribution < 1.29 is 13.2 Å². The van der Waals surface area contributed by atoms with Crippen molar-refractivity contribution in [1.29, 1.82) is 0 Å². The van der Waals surface area contributed by atoms with Gasteiger partial charge in [0.2, 0.25) is 9.47 Å². The van der Waals surface area contributed by atoms with Crippen LogP contribution in [0.2, 0.25) is 0 Å². The summed E-state index contributed by atoms with van der Waals surface area (Å²) in [5.74, 6) is 0. The third kappa shape index (κ3) is 4.00. The molecule has 1 heterocycles. The Morgan fingerprint density at radius 2 is 2.25 bits per heavy atom. The van der Waals surface area contributed by atoms with E-state index in [0.717, 1.165) is 11.3 Å². The molecule has 0 aliphatic heterocycles. The zero-order valence-corrected chi connectivity index (χ0v) is 10.5. The number of hydrogen-bond acceptors (Lipinski definition) is 7. The van der Waals surface area contributed by atoms with Gasteiger partial charge in [-0.1, -0.05) is 11.3 Å². The van der Waals surface area contributed by atoms with Crippen LogP contribution < -0.4 is 10.5 Å². The Balaban J connectivity index is 2.41. The molecule has 0 aromatic carbocycles. The second-order valence-corrected chi connectivity index (χ2v) is 5.80. The van der Waals surface area contributed by atoms with Gasteiger partial charge in [0.05, 0.1) is 0 Å². The lowest BCUT2D eigenvalue weighted by atomic mass is 10.5. The average Bonchev–Trinajstić information content (AvgIpc) is 2.65. The molecule has 9 heteroatoms. The number of nitrogens with zero attached hydrogens (tertiary/aromatic N) is 2. The number of sulfonamides is 1. The molecule has 0 amide bonds.